The highest BCUT2D eigenvalue weighted by Gasteiger charge is 2.31. The second-order valence-corrected chi connectivity index (χ2v) is 7.86. The molecule has 6 nitrogen and oxygen atoms in total. The van der Waals surface area contributed by atoms with Crippen LogP contribution in [0, 0.1) is 0 Å². The van der Waals surface area contributed by atoms with Crippen molar-refractivity contribution in [1.29, 1.82) is 0 Å². The molecule has 3 heterocycles. The van der Waals surface area contributed by atoms with Gasteiger partial charge in [0.1, 0.15) is 11.9 Å². The monoisotopic (exact) mass is 431 g/mol. The molecule has 1 aliphatic heterocycles. The Balaban J connectivity index is 1.42. The highest BCUT2D eigenvalue weighted by Crippen LogP contribution is 2.33. The summed E-state index contributed by atoms with van der Waals surface area (Å²) in [7, 11) is 0. The molecule has 156 valence electrons. The lowest BCUT2D eigenvalue weighted by Gasteiger charge is -2.38. The molecule has 4 aromatic rings. The number of rotatable bonds is 5. The zero-order chi connectivity index (χ0) is 21.0. The molecule has 0 radical (unpaired) electrons. The molecule has 7 heteroatoms. The van der Waals surface area contributed by atoms with Crippen molar-refractivity contribution in [3.8, 4) is 11.5 Å². The van der Waals surface area contributed by atoms with E-state index in [1.165, 1.54) is 0 Å². The predicted molar refractivity (Wildman–Crippen MR) is 121 cm³/mol. The molecule has 2 aromatic carbocycles. The summed E-state index contributed by atoms with van der Waals surface area (Å²) < 4.78 is 6.16. The first-order valence-corrected chi connectivity index (χ1v) is 10.7. The van der Waals surface area contributed by atoms with Crippen LogP contribution < -0.4 is 4.90 Å². The SMILES string of the molecule is Clc1ccccc1-c1nnc([C@H](c2ccccc2)N2CCN(c3ccccn3)CC2)o1. The minimum absolute atomic E-state index is 0.115. The second kappa shape index (κ2) is 8.88. The van der Waals surface area contributed by atoms with Gasteiger partial charge in [-0.3, -0.25) is 4.90 Å². The fourth-order valence-electron chi connectivity index (χ4n) is 3.98. The number of pyridine rings is 1. The van der Waals surface area contributed by atoms with Gasteiger partial charge in [-0.2, -0.15) is 0 Å². The number of anilines is 1. The topological polar surface area (TPSA) is 58.3 Å². The van der Waals surface area contributed by atoms with Crippen molar-refractivity contribution in [2.45, 2.75) is 6.04 Å². The Kier molecular flexibility index (Phi) is 5.65. The van der Waals surface area contributed by atoms with Gasteiger partial charge in [0.25, 0.3) is 0 Å². The molecular weight excluding hydrogens is 410 g/mol. The highest BCUT2D eigenvalue weighted by atomic mass is 35.5. The van der Waals surface area contributed by atoms with Gasteiger partial charge in [0.15, 0.2) is 0 Å². The van der Waals surface area contributed by atoms with Gasteiger partial charge in [-0.25, -0.2) is 4.98 Å². The van der Waals surface area contributed by atoms with Crippen molar-refractivity contribution in [3.63, 3.8) is 0 Å². The molecule has 0 aliphatic carbocycles. The molecular formula is C24H22ClN5O. The summed E-state index contributed by atoms with van der Waals surface area (Å²) in [6, 6.07) is 23.7. The standard InChI is InChI=1S/C24H22ClN5O/c25-20-11-5-4-10-19(20)23-27-28-24(31-23)22(18-8-2-1-3-9-18)30-16-14-29(15-17-30)21-12-6-7-13-26-21/h1-13,22H,14-17H2/t22-/m0/s1. The third-order valence-electron chi connectivity index (χ3n) is 5.55. The van der Waals surface area contributed by atoms with Crippen LogP contribution >= 0.6 is 11.6 Å². The van der Waals surface area contributed by atoms with E-state index in [9.17, 15) is 0 Å². The van der Waals surface area contributed by atoms with E-state index in [4.69, 9.17) is 16.0 Å². The van der Waals surface area contributed by atoms with Crippen molar-refractivity contribution >= 4 is 17.4 Å². The average Bonchev–Trinajstić information content (AvgIpc) is 3.31. The van der Waals surface area contributed by atoms with Gasteiger partial charge in [0.05, 0.1) is 10.6 Å². The molecule has 0 saturated carbocycles. The fourth-order valence-corrected chi connectivity index (χ4v) is 4.20. The number of nitrogens with zero attached hydrogens (tertiary/aromatic N) is 5. The number of benzene rings is 2. The van der Waals surface area contributed by atoms with E-state index in [-0.39, 0.29) is 6.04 Å². The quantitative estimate of drug-likeness (QED) is 0.456. The maximum Gasteiger partial charge on any atom is 0.249 e. The minimum atomic E-state index is -0.115. The van der Waals surface area contributed by atoms with E-state index in [1.54, 1.807) is 0 Å². The van der Waals surface area contributed by atoms with Crippen LogP contribution in [0.5, 0.6) is 0 Å². The normalized spacial score (nSPS) is 15.7. The Labute approximate surface area is 186 Å². The molecule has 1 saturated heterocycles. The maximum absolute atomic E-state index is 6.34. The predicted octanol–water partition coefficient (Wildman–Crippen LogP) is 4.70. The lowest BCUT2D eigenvalue weighted by molar-refractivity contribution is 0.187. The third-order valence-corrected chi connectivity index (χ3v) is 5.88. The summed E-state index contributed by atoms with van der Waals surface area (Å²) in [5.41, 5.74) is 1.87. The van der Waals surface area contributed by atoms with Crippen molar-refractivity contribution in [3.05, 3.63) is 95.5 Å². The molecule has 1 aliphatic rings. The second-order valence-electron chi connectivity index (χ2n) is 7.45. The smallest absolute Gasteiger partial charge is 0.249 e. The first-order chi connectivity index (χ1) is 15.3. The van der Waals surface area contributed by atoms with E-state index in [2.05, 4.69) is 43.2 Å². The molecule has 0 amide bonds. The van der Waals surface area contributed by atoms with Gasteiger partial charge in [-0.15, -0.1) is 10.2 Å². The van der Waals surface area contributed by atoms with Crippen LogP contribution in [0.25, 0.3) is 11.5 Å². The highest BCUT2D eigenvalue weighted by molar-refractivity contribution is 6.33. The number of halogens is 1. The number of hydrogen-bond acceptors (Lipinski definition) is 6. The molecule has 31 heavy (non-hydrogen) atoms. The zero-order valence-corrected chi connectivity index (χ0v) is 17.7. The lowest BCUT2D eigenvalue weighted by atomic mass is 10.0. The van der Waals surface area contributed by atoms with E-state index < -0.39 is 0 Å². The van der Waals surface area contributed by atoms with Crippen molar-refractivity contribution in [2.75, 3.05) is 31.1 Å². The van der Waals surface area contributed by atoms with E-state index in [0.717, 1.165) is 43.1 Å². The lowest BCUT2D eigenvalue weighted by Crippen LogP contribution is -2.48. The van der Waals surface area contributed by atoms with Gasteiger partial charge in [0, 0.05) is 32.4 Å². The van der Waals surface area contributed by atoms with Gasteiger partial charge in [-0.1, -0.05) is 60.1 Å². The van der Waals surface area contributed by atoms with Crippen LogP contribution in [-0.2, 0) is 0 Å². The minimum Gasteiger partial charge on any atom is -0.419 e. The van der Waals surface area contributed by atoms with Crippen LogP contribution in [-0.4, -0.2) is 46.3 Å². The Morgan fingerprint density at radius 2 is 1.55 bits per heavy atom. The number of aromatic nitrogens is 3. The fraction of sp³-hybridized carbons (Fsp3) is 0.208. The largest absolute Gasteiger partial charge is 0.419 e. The van der Waals surface area contributed by atoms with Gasteiger partial charge < -0.3 is 9.32 Å². The third kappa shape index (κ3) is 4.17. The van der Waals surface area contributed by atoms with Crippen LogP contribution in [0.2, 0.25) is 5.02 Å². The van der Waals surface area contributed by atoms with Crippen LogP contribution in [0.3, 0.4) is 0 Å². The van der Waals surface area contributed by atoms with Crippen LogP contribution in [0.4, 0.5) is 5.82 Å². The summed E-state index contributed by atoms with van der Waals surface area (Å²) in [5, 5.41) is 9.32. The Bertz CT molecular complexity index is 1130. The Hall–Kier alpha value is -3.22. The summed E-state index contributed by atoms with van der Waals surface area (Å²) in [6.07, 6.45) is 1.84. The molecule has 0 N–H and O–H groups in total. The summed E-state index contributed by atoms with van der Waals surface area (Å²) in [4.78, 5) is 9.18. The first-order valence-electron chi connectivity index (χ1n) is 10.3. The van der Waals surface area contributed by atoms with Crippen molar-refractivity contribution < 1.29 is 4.42 Å². The van der Waals surface area contributed by atoms with E-state index in [0.29, 0.717) is 16.8 Å². The van der Waals surface area contributed by atoms with Crippen LogP contribution in [0.15, 0.2) is 83.4 Å². The summed E-state index contributed by atoms with van der Waals surface area (Å²) in [5.74, 6) is 2.03. The van der Waals surface area contributed by atoms with E-state index in [1.807, 2.05) is 60.8 Å². The Morgan fingerprint density at radius 1 is 0.806 bits per heavy atom. The van der Waals surface area contributed by atoms with Gasteiger partial charge in [0.2, 0.25) is 11.8 Å². The van der Waals surface area contributed by atoms with Crippen molar-refractivity contribution in [1.82, 2.24) is 20.1 Å². The van der Waals surface area contributed by atoms with Gasteiger partial charge >= 0.3 is 0 Å². The van der Waals surface area contributed by atoms with E-state index >= 15 is 0 Å². The molecule has 5 rings (SSSR count). The average molecular weight is 432 g/mol. The number of piperazine rings is 1. The van der Waals surface area contributed by atoms with Crippen LogP contribution in [0.1, 0.15) is 17.5 Å². The summed E-state index contributed by atoms with van der Waals surface area (Å²) in [6.45, 7) is 3.48. The van der Waals surface area contributed by atoms with Crippen molar-refractivity contribution in [2.24, 2.45) is 0 Å². The Morgan fingerprint density at radius 3 is 2.29 bits per heavy atom. The molecule has 1 fully saturated rings. The summed E-state index contributed by atoms with van der Waals surface area (Å²) >= 11 is 6.34. The molecule has 2 aromatic heterocycles. The number of hydrogen-bond donors (Lipinski definition) is 0. The maximum atomic E-state index is 6.34. The molecule has 0 bridgehead atoms. The molecule has 0 spiro atoms. The van der Waals surface area contributed by atoms with Gasteiger partial charge in [-0.05, 0) is 29.8 Å². The zero-order valence-electron chi connectivity index (χ0n) is 16.9. The molecule has 0 unspecified atom stereocenters. The first kappa shape index (κ1) is 19.7. The molecule has 1 atom stereocenters.